The van der Waals surface area contributed by atoms with Gasteiger partial charge in [-0.15, -0.1) is 10.2 Å². The lowest BCUT2D eigenvalue weighted by atomic mass is 10.1. The number of amides is 1. The number of anilines is 1. The number of H-pyrrole nitrogens is 1. The van der Waals surface area contributed by atoms with Crippen LogP contribution in [0.15, 0.2) is 47.6 Å². The predicted octanol–water partition coefficient (Wildman–Crippen LogP) is 3.79. The van der Waals surface area contributed by atoms with Gasteiger partial charge in [0, 0.05) is 5.56 Å². The van der Waals surface area contributed by atoms with Crippen molar-refractivity contribution in [2.24, 2.45) is 0 Å². The SMILES string of the molecule is Cc1ccc(-c2nnc(SCC(=O)Nc3c(F)cccc3F)[nH]2)cc1. The highest BCUT2D eigenvalue weighted by atomic mass is 32.2. The van der Waals surface area contributed by atoms with Crippen LogP contribution in [0.4, 0.5) is 14.5 Å². The zero-order valence-corrected chi connectivity index (χ0v) is 14.0. The van der Waals surface area contributed by atoms with Crippen molar-refractivity contribution in [3.8, 4) is 11.4 Å². The lowest BCUT2D eigenvalue weighted by molar-refractivity contribution is -0.113. The van der Waals surface area contributed by atoms with Crippen molar-refractivity contribution in [2.45, 2.75) is 12.1 Å². The molecule has 0 saturated heterocycles. The number of benzene rings is 2. The van der Waals surface area contributed by atoms with Crippen LogP contribution < -0.4 is 5.32 Å². The lowest BCUT2D eigenvalue weighted by Gasteiger charge is -2.06. The Bertz CT molecular complexity index is 876. The second-order valence-corrected chi connectivity index (χ2v) is 6.24. The highest BCUT2D eigenvalue weighted by molar-refractivity contribution is 7.99. The molecule has 1 aromatic heterocycles. The Kier molecular flexibility index (Phi) is 5.08. The third-order valence-corrected chi connectivity index (χ3v) is 4.22. The molecule has 0 atom stereocenters. The summed E-state index contributed by atoms with van der Waals surface area (Å²) in [5.41, 5.74) is 1.56. The van der Waals surface area contributed by atoms with Crippen molar-refractivity contribution >= 4 is 23.4 Å². The Labute approximate surface area is 146 Å². The number of aromatic amines is 1. The van der Waals surface area contributed by atoms with E-state index in [2.05, 4.69) is 20.5 Å². The molecule has 128 valence electrons. The molecule has 8 heteroatoms. The Hall–Kier alpha value is -2.74. The van der Waals surface area contributed by atoms with Gasteiger partial charge in [-0.25, -0.2) is 8.78 Å². The zero-order chi connectivity index (χ0) is 17.8. The van der Waals surface area contributed by atoms with Gasteiger partial charge in [-0.1, -0.05) is 47.7 Å². The Balaban J connectivity index is 1.60. The number of hydrogen-bond donors (Lipinski definition) is 2. The minimum Gasteiger partial charge on any atom is -0.320 e. The number of nitrogens with one attached hydrogen (secondary N) is 2. The van der Waals surface area contributed by atoms with Crippen LogP contribution in [0.1, 0.15) is 5.56 Å². The number of carbonyl (C=O) groups excluding carboxylic acids is 1. The molecule has 0 radical (unpaired) electrons. The maximum absolute atomic E-state index is 13.5. The number of hydrogen-bond acceptors (Lipinski definition) is 4. The summed E-state index contributed by atoms with van der Waals surface area (Å²) < 4.78 is 27.0. The Morgan fingerprint density at radius 1 is 1.12 bits per heavy atom. The number of para-hydroxylation sites is 1. The van der Waals surface area contributed by atoms with E-state index in [1.165, 1.54) is 6.07 Å². The molecule has 25 heavy (non-hydrogen) atoms. The zero-order valence-electron chi connectivity index (χ0n) is 13.2. The summed E-state index contributed by atoms with van der Waals surface area (Å²) >= 11 is 1.09. The molecule has 3 aromatic rings. The number of halogens is 2. The van der Waals surface area contributed by atoms with Gasteiger partial charge in [0.25, 0.3) is 0 Å². The van der Waals surface area contributed by atoms with Crippen LogP contribution in [0, 0.1) is 18.6 Å². The summed E-state index contributed by atoms with van der Waals surface area (Å²) in [6.45, 7) is 1.99. The van der Waals surface area contributed by atoms with Gasteiger partial charge in [0.15, 0.2) is 11.0 Å². The first-order valence-electron chi connectivity index (χ1n) is 7.39. The molecule has 0 bridgehead atoms. The molecular formula is C17H14F2N4OS. The van der Waals surface area contributed by atoms with Crippen LogP contribution in [0.2, 0.25) is 0 Å². The summed E-state index contributed by atoms with van der Waals surface area (Å²) in [5.74, 6) is -1.65. The first kappa shape index (κ1) is 17.1. The van der Waals surface area contributed by atoms with Crippen LogP contribution in [-0.2, 0) is 4.79 Å². The first-order chi connectivity index (χ1) is 12.0. The smallest absolute Gasteiger partial charge is 0.235 e. The number of nitrogens with zero attached hydrogens (tertiary/aromatic N) is 2. The number of rotatable bonds is 5. The van der Waals surface area contributed by atoms with Gasteiger partial charge in [-0.2, -0.15) is 0 Å². The van der Waals surface area contributed by atoms with E-state index in [1.807, 2.05) is 31.2 Å². The highest BCUT2D eigenvalue weighted by Gasteiger charge is 2.13. The predicted molar refractivity (Wildman–Crippen MR) is 92.3 cm³/mol. The van der Waals surface area contributed by atoms with E-state index in [4.69, 9.17) is 0 Å². The third kappa shape index (κ3) is 4.21. The number of thioether (sulfide) groups is 1. The van der Waals surface area contributed by atoms with Crippen LogP contribution in [-0.4, -0.2) is 26.8 Å². The molecule has 0 spiro atoms. The third-order valence-electron chi connectivity index (χ3n) is 3.36. The van der Waals surface area contributed by atoms with E-state index in [9.17, 15) is 13.6 Å². The quantitative estimate of drug-likeness (QED) is 0.679. The van der Waals surface area contributed by atoms with Crippen molar-refractivity contribution in [1.29, 1.82) is 0 Å². The van der Waals surface area contributed by atoms with E-state index in [0.29, 0.717) is 11.0 Å². The summed E-state index contributed by atoms with van der Waals surface area (Å²) in [7, 11) is 0. The van der Waals surface area contributed by atoms with Crippen molar-refractivity contribution in [3.63, 3.8) is 0 Å². The highest BCUT2D eigenvalue weighted by Crippen LogP contribution is 2.21. The summed E-state index contributed by atoms with van der Waals surface area (Å²) in [4.78, 5) is 14.9. The van der Waals surface area contributed by atoms with Crippen molar-refractivity contribution in [1.82, 2.24) is 15.2 Å². The first-order valence-corrected chi connectivity index (χ1v) is 8.38. The summed E-state index contributed by atoms with van der Waals surface area (Å²) in [5, 5.41) is 10.7. The molecule has 1 heterocycles. The molecule has 0 saturated carbocycles. The van der Waals surface area contributed by atoms with E-state index in [-0.39, 0.29) is 5.75 Å². The fraction of sp³-hybridized carbons (Fsp3) is 0.118. The van der Waals surface area contributed by atoms with E-state index in [1.54, 1.807) is 0 Å². The van der Waals surface area contributed by atoms with Gasteiger partial charge in [0.2, 0.25) is 5.91 Å². The molecule has 0 aliphatic heterocycles. The molecule has 0 aliphatic carbocycles. The van der Waals surface area contributed by atoms with E-state index >= 15 is 0 Å². The molecule has 5 nitrogen and oxygen atoms in total. The monoisotopic (exact) mass is 360 g/mol. The maximum atomic E-state index is 13.5. The van der Waals surface area contributed by atoms with Crippen LogP contribution in [0.5, 0.6) is 0 Å². The van der Waals surface area contributed by atoms with Gasteiger partial charge in [-0.3, -0.25) is 4.79 Å². The van der Waals surface area contributed by atoms with Crippen LogP contribution in [0.3, 0.4) is 0 Å². The molecule has 1 amide bonds. The topological polar surface area (TPSA) is 70.7 Å². The lowest BCUT2D eigenvalue weighted by Crippen LogP contribution is -2.16. The molecule has 0 aliphatic rings. The number of aromatic nitrogens is 3. The molecule has 2 N–H and O–H groups in total. The van der Waals surface area contributed by atoms with Crippen molar-refractivity contribution < 1.29 is 13.6 Å². The average Bonchev–Trinajstić information content (AvgIpc) is 3.06. The number of aryl methyl sites for hydroxylation is 1. The average molecular weight is 360 g/mol. The minimum absolute atomic E-state index is 0.0592. The van der Waals surface area contributed by atoms with Gasteiger partial charge >= 0.3 is 0 Å². The Morgan fingerprint density at radius 2 is 1.80 bits per heavy atom. The fourth-order valence-corrected chi connectivity index (χ4v) is 2.69. The van der Waals surface area contributed by atoms with Gasteiger partial charge < -0.3 is 10.3 Å². The van der Waals surface area contributed by atoms with E-state index in [0.717, 1.165) is 35.0 Å². The van der Waals surface area contributed by atoms with Crippen molar-refractivity contribution in [3.05, 3.63) is 59.7 Å². The molecule has 2 aromatic carbocycles. The van der Waals surface area contributed by atoms with Gasteiger partial charge in [-0.05, 0) is 19.1 Å². The van der Waals surface area contributed by atoms with Crippen molar-refractivity contribution in [2.75, 3.05) is 11.1 Å². The second-order valence-electron chi connectivity index (χ2n) is 5.28. The van der Waals surface area contributed by atoms with Crippen LogP contribution in [0.25, 0.3) is 11.4 Å². The second kappa shape index (κ2) is 7.43. The maximum Gasteiger partial charge on any atom is 0.235 e. The molecular weight excluding hydrogens is 346 g/mol. The standard InChI is InChI=1S/C17H14F2N4OS/c1-10-5-7-11(8-6-10)16-21-17(23-22-16)25-9-14(24)20-15-12(18)3-2-4-13(15)19/h2-8H,9H2,1H3,(H,20,24)(H,21,22,23). The molecule has 0 unspecified atom stereocenters. The summed E-state index contributed by atoms with van der Waals surface area (Å²) in [6.07, 6.45) is 0. The molecule has 0 fully saturated rings. The van der Waals surface area contributed by atoms with Gasteiger partial charge in [0.05, 0.1) is 5.75 Å². The number of carbonyl (C=O) groups is 1. The fourth-order valence-electron chi connectivity index (χ4n) is 2.08. The van der Waals surface area contributed by atoms with E-state index < -0.39 is 23.2 Å². The minimum atomic E-state index is -0.820. The van der Waals surface area contributed by atoms with Crippen LogP contribution >= 0.6 is 11.8 Å². The molecule has 3 rings (SSSR count). The summed E-state index contributed by atoms with van der Waals surface area (Å²) in [6, 6.07) is 11.1. The Morgan fingerprint density at radius 3 is 2.48 bits per heavy atom. The largest absolute Gasteiger partial charge is 0.320 e. The van der Waals surface area contributed by atoms with Gasteiger partial charge in [0.1, 0.15) is 17.3 Å². The normalized spacial score (nSPS) is 10.7.